The molecule has 1 aliphatic rings. The highest BCUT2D eigenvalue weighted by Gasteiger charge is 2.20. The molecule has 1 heterocycles. The summed E-state index contributed by atoms with van der Waals surface area (Å²) in [7, 11) is -2.82. The Bertz CT molecular complexity index is 279. The summed E-state index contributed by atoms with van der Waals surface area (Å²) in [6.07, 6.45) is 6.25. The van der Waals surface area contributed by atoms with Gasteiger partial charge in [0.1, 0.15) is 9.84 Å². The highest BCUT2D eigenvalue weighted by Crippen LogP contribution is 2.18. The van der Waals surface area contributed by atoms with Crippen LogP contribution in [0, 0.1) is 0 Å². The maximum absolute atomic E-state index is 11.1. The summed E-state index contributed by atoms with van der Waals surface area (Å²) in [6, 6.07) is 0.522. The molecule has 1 rings (SSSR count). The summed E-state index contributed by atoms with van der Waals surface area (Å²) in [5.74, 6) is 0.288. The van der Waals surface area contributed by atoms with Crippen LogP contribution in [-0.4, -0.2) is 49.8 Å². The first-order chi connectivity index (χ1) is 7.03. The van der Waals surface area contributed by atoms with Gasteiger partial charge in [-0.15, -0.1) is 0 Å². The molecule has 1 saturated heterocycles. The second-order valence-electron chi connectivity index (χ2n) is 4.32. The van der Waals surface area contributed by atoms with Crippen molar-refractivity contribution in [1.29, 1.82) is 0 Å². The number of hydrogen-bond donors (Lipinski definition) is 0. The van der Waals surface area contributed by atoms with Crippen LogP contribution in [0.4, 0.5) is 0 Å². The van der Waals surface area contributed by atoms with Crippen LogP contribution in [0.15, 0.2) is 0 Å². The van der Waals surface area contributed by atoms with Gasteiger partial charge in [-0.1, -0.05) is 28.8 Å². The number of likely N-dealkylation sites (tertiary alicyclic amines) is 1. The molecule has 0 amide bonds. The maximum Gasteiger partial charge on any atom is 0.148 e. The molecule has 1 unspecified atom stereocenters. The number of sulfone groups is 1. The zero-order valence-electron chi connectivity index (χ0n) is 9.28. The second kappa shape index (κ2) is 6.21. The van der Waals surface area contributed by atoms with E-state index in [9.17, 15) is 8.42 Å². The monoisotopic (exact) mass is 297 g/mol. The minimum absolute atomic E-state index is 0.288. The topological polar surface area (TPSA) is 37.4 Å². The van der Waals surface area contributed by atoms with Gasteiger partial charge in [0.15, 0.2) is 0 Å². The molecule has 1 fully saturated rings. The highest BCUT2D eigenvalue weighted by molar-refractivity contribution is 9.09. The van der Waals surface area contributed by atoms with Crippen LogP contribution in [0.5, 0.6) is 0 Å². The summed E-state index contributed by atoms with van der Waals surface area (Å²) in [5.41, 5.74) is 0. The maximum atomic E-state index is 11.1. The van der Waals surface area contributed by atoms with Gasteiger partial charge in [-0.3, -0.25) is 4.90 Å². The molecule has 0 saturated carbocycles. The van der Waals surface area contributed by atoms with E-state index >= 15 is 0 Å². The van der Waals surface area contributed by atoms with Crippen molar-refractivity contribution in [3.05, 3.63) is 0 Å². The Morgan fingerprint density at radius 2 is 2.07 bits per heavy atom. The van der Waals surface area contributed by atoms with Gasteiger partial charge in [-0.2, -0.15) is 0 Å². The minimum atomic E-state index is -2.82. The third kappa shape index (κ3) is 5.31. The van der Waals surface area contributed by atoms with Gasteiger partial charge in [-0.05, 0) is 19.4 Å². The van der Waals surface area contributed by atoms with Crippen molar-refractivity contribution in [2.75, 3.05) is 30.4 Å². The standard InChI is InChI=1S/C10H20BrNO2S/c1-15(13,14)8-7-12-6-4-2-3-5-10(12)9-11/h10H,2-9H2,1H3. The molecule has 0 N–H and O–H groups in total. The van der Waals surface area contributed by atoms with Crippen molar-refractivity contribution >= 4 is 25.8 Å². The van der Waals surface area contributed by atoms with Crippen molar-refractivity contribution in [2.45, 2.75) is 31.7 Å². The van der Waals surface area contributed by atoms with E-state index in [4.69, 9.17) is 0 Å². The molecule has 5 heteroatoms. The molecule has 0 aromatic carbocycles. The van der Waals surface area contributed by atoms with Crippen LogP contribution in [0.25, 0.3) is 0 Å². The number of nitrogens with zero attached hydrogens (tertiary/aromatic N) is 1. The lowest BCUT2D eigenvalue weighted by Gasteiger charge is -2.28. The summed E-state index contributed by atoms with van der Waals surface area (Å²) in [5, 5.41) is 0.955. The normalized spacial score (nSPS) is 25.1. The number of hydrogen-bond acceptors (Lipinski definition) is 3. The number of alkyl halides is 1. The third-order valence-corrected chi connectivity index (χ3v) is 4.60. The van der Waals surface area contributed by atoms with Gasteiger partial charge in [0.25, 0.3) is 0 Å². The molecule has 15 heavy (non-hydrogen) atoms. The van der Waals surface area contributed by atoms with Crippen LogP contribution in [-0.2, 0) is 9.84 Å². The van der Waals surface area contributed by atoms with Gasteiger partial charge in [0.2, 0.25) is 0 Å². The molecule has 0 radical (unpaired) electrons. The van der Waals surface area contributed by atoms with E-state index in [1.54, 1.807) is 0 Å². The molecule has 0 bridgehead atoms. The zero-order valence-corrected chi connectivity index (χ0v) is 11.7. The van der Waals surface area contributed by atoms with Crippen LogP contribution in [0.1, 0.15) is 25.7 Å². The molecule has 0 aromatic heterocycles. The van der Waals surface area contributed by atoms with E-state index in [1.165, 1.54) is 31.9 Å². The van der Waals surface area contributed by atoms with Crippen molar-refractivity contribution in [3.8, 4) is 0 Å². The molecule has 1 atom stereocenters. The van der Waals surface area contributed by atoms with E-state index in [0.29, 0.717) is 12.6 Å². The Balaban J connectivity index is 2.48. The fourth-order valence-corrected chi connectivity index (χ4v) is 3.29. The van der Waals surface area contributed by atoms with Crippen molar-refractivity contribution < 1.29 is 8.42 Å². The molecule has 0 spiro atoms. The first-order valence-corrected chi connectivity index (χ1v) is 8.69. The Kier molecular flexibility index (Phi) is 5.57. The first-order valence-electron chi connectivity index (χ1n) is 5.50. The third-order valence-electron chi connectivity index (χ3n) is 2.93. The van der Waals surface area contributed by atoms with E-state index in [2.05, 4.69) is 20.8 Å². The smallest absolute Gasteiger partial charge is 0.148 e. The predicted molar refractivity (Wildman–Crippen MR) is 67.3 cm³/mol. The van der Waals surface area contributed by atoms with E-state index in [-0.39, 0.29) is 5.75 Å². The average molecular weight is 298 g/mol. The quantitative estimate of drug-likeness (QED) is 0.741. The SMILES string of the molecule is CS(=O)(=O)CCN1CCCCCC1CBr. The van der Waals surface area contributed by atoms with E-state index in [1.807, 2.05) is 0 Å². The largest absolute Gasteiger partial charge is 0.299 e. The van der Waals surface area contributed by atoms with Crippen LogP contribution in [0.2, 0.25) is 0 Å². The Morgan fingerprint density at radius 3 is 2.67 bits per heavy atom. The molecule has 1 aliphatic heterocycles. The Morgan fingerprint density at radius 1 is 1.33 bits per heavy atom. The molecule has 90 valence electrons. The van der Waals surface area contributed by atoms with Crippen LogP contribution >= 0.6 is 15.9 Å². The fraction of sp³-hybridized carbons (Fsp3) is 1.00. The second-order valence-corrected chi connectivity index (χ2v) is 7.23. The van der Waals surface area contributed by atoms with Gasteiger partial charge in [0, 0.05) is 24.2 Å². The van der Waals surface area contributed by atoms with E-state index in [0.717, 1.165) is 11.9 Å². The lowest BCUT2D eigenvalue weighted by atomic mass is 10.1. The lowest BCUT2D eigenvalue weighted by molar-refractivity contribution is 0.231. The zero-order chi connectivity index (χ0) is 11.3. The van der Waals surface area contributed by atoms with E-state index < -0.39 is 9.84 Å². The van der Waals surface area contributed by atoms with Gasteiger partial charge >= 0.3 is 0 Å². The molecular formula is C10H20BrNO2S. The van der Waals surface area contributed by atoms with Crippen LogP contribution < -0.4 is 0 Å². The van der Waals surface area contributed by atoms with Gasteiger partial charge in [0.05, 0.1) is 5.75 Å². The molecule has 3 nitrogen and oxygen atoms in total. The van der Waals surface area contributed by atoms with Crippen molar-refractivity contribution in [3.63, 3.8) is 0 Å². The summed E-state index contributed by atoms with van der Waals surface area (Å²) in [4.78, 5) is 2.32. The highest BCUT2D eigenvalue weighted by atomic mass is 79.9. The van der Waals surface area contributed by atoms with Crippen LogP contribution in [0.3, 0.4) is 0 Å². The number of rotatable bonds is 4. The molecular weight excluding hydrogens is 278 g/mol. The van der Waals surface area contributed by atoms with Crippen molar-refractivity contribution in [1.82, 2.24) is 4.90 Å². The predicted octanol–water partition coefficient (Wildman–Crippen LogP) is 1.67. The first kappa shape index (κ1) is 13.5. The van der Waals surface area contributed by atoms with Gasteiger partial charge < -0.3 is 0 Å². The Labute approximate surface area is 101 Å². The minimum Gasteiger partial charge on any atom is -0.299 e. The summed E-state index contributed by atoms with van der Waals surface area (Å²) >= 11 is 3.52. The van der Waals surface area contributed by atoms with Crippen molar-refractivity contribution in [2.24, 2.45) is 0 Å². The summed E-state index contributed by atoms with van der Waals surface area (Å²) in [6.45, 7) is 1.74. The molecule has 0 aliphatic carbocycles. The fourth-order valence-electron chi connectivity index (χ4n) is 1.99. The lowest BCUT2D eigenvalue weighted by Crippen LogP contribution is -2.39. The number of halogens is 1. The average Bonchev–Trinajstić information content (AvgIpc) is 2.37. The molecule has 0 aromatic rings. The van der Waals surface area contributed by atoms with Gasteiger partial charge in [-0.25, -0.2) is 8.42 Å². The Hall–Kier alpha value is 0.390. The summed E-state index contributed by atoms with van der Waals surface area (Å²) < 4.78 is 22.2.